The normalized spacial score (nSPS) is 22.5. The molecule has 0 amide bonds. The maximum Gasteiger partial charge on any atom is 0.150 e. The van der Waals surface area contributed by atoms with Crippen molar-refractivity contribution in [1.82, 2.24) is 15.0 Å². The minimum absolute atomic E-state index is 0.338. The van der Waals surface area contributed by atoms with Crippen molar-refractivity contribution in [3.63, 3.8) is 0 Å². The van der Waals surface area contributed by atoms with Crippen molar-refractivity contribution in [2.45, 2.75) is 37.6 Å². The van der Waals surface area contributed by atoms with Crippen LogP contribution in [0.5, 0.6) is 0 Å². The van der Waals surface area contributed by atoms with E-state index in [0.29, 0.717) is 17.8 Å². The number of aromatic amines is 1. The molecule has 0 atom stereocenters. The van der Waals surface area contributed by atoms with Crippen LogP contribution in [0, 0.1) is 0 Å². The van der Waals surface area contributed by atoms with Gasteiger partial charge in [0.15, 0.2) is 0 Å². The molecule has 1 aliphatic carbocycles. The minimum Gasteiger partial charge on any atom is -0.382 e. The molecule has 3 aromatic rings. The fraction of sp³-hybridized carbons (Fsp3) is 0.375. The topological polar surface area (TPSA) is 93.6 Å². The van der Waals surface area contributed by atoms with Crippen molar-refractivity contribution < 1.29 is 0 Å². The van der Waals surface area contributed by atoms with Crippen LogP contribution in [0.3, 0.4) is 0 Å². The van der Waals surface area contributed by atoms with Gasteiger partial charge in [-0.2, -0.15) is 0 Å². The average molecular weight is 360 g/mol. The first-order valence-corrected chi connectivity index (χ1v) is 8.41. The number of hydrogen-bond donors (Lipinski definition) is 3. The molecule has 0 unspecified atom stereocenters. The third kappa shape index (κ3) is 2.27. The predicted molar refractivity (Wildman–Crippen MR) is 92.7 cm³/mol. The zero-order chi connectivity index (χ0) is 15.3. The Hall–Kier alpha value is -1.66. The first kappa shape index (κ1) is 14.0. The number of rotatable bonds is 1. The fourth-order valence-corrected chi connectivity index (χ4v) is 3.69. The van der Waals surface area contributed by atoms with Gasteiger partial charge in [0.05, 0.1) is 5.52 Å². The molecule has 0 spiro atoms. The summed E-state index contributed by atoms with van der Waals surface area (Å²) in [5.41, 5.74) is 14.7. The second kappa shape index (κ2) is 5.21. The van der Waals surface area contributed by atoms with Crippen molar-refractivity contribution in [2.24, 2.45) is 5.73 Å². The van der Waals surface area contributed by atoms with Gasteiger partial charge in [0.2, 0.25) is 0 Å². The van der Waals surface area contributed by atoms with E-state index >= 15 is 0 Å². The number of halogens is 1. The Balaban J connectivity index is 1.86. The van der Waals surface area contributed by atoms with Crippen LogP contribution in [0.4, 0.5) is 5.82 Å². The van der Waals surface area contributed by atoms with Crippen LogP contribution in [0.25, 0.3) is 21.9 Å². The van der Waals surface area contributed by atoms with E-state index in [4.69, 9.17) is 16.5 Å². The van der Waals surface area contributed by atoms with Gasteiger partial charge in [0.1, 0.15) is 22.7 Å². The SMILES string of the molecule is Nc1nc2cc(Br)ccc2c2nc(C3CCC(N)CC3)[nH]c12. The molecule has 1 aliphatic rings. The smallest absolute Gasteiger partial charge is 0.150 e. The molecule has 5 nitrogen and oxygen atoms in total. The molecule has 6 heteroatoms. The van der Waals surface area contributed by atoms with Crippen molar-refractivity contribution in [1.29, 1.82) is 0 Å². The lowest BCUT2D eigenvalue weighted by atomic mass is 9.86. The second-order valence-corrected chi connectivity index (χ2v) is 7.03. The van der Waals surface area contributed by atoms with E-state index in [0.717, 1.165) is 57.9 Å². The van der Waals surface area contributed by atoms with E-state index in [1.54, 1.807) is 0 Å². The molecule has 1 aromatic carbocycles. The number of fused-ring (bicyclic) bond motifs is 3. The number of aromatic nitrogens is 3. The summed E-state index contributed by atoms with van der Waals surface area (Å²) in [5, 5.41) is 1.03. The van der Waals surface area contributed by atoms with Gasteiger partial charge in [-0.25, -0.2) is 9.97 Å². The molecule has 0 bridgehead atoms. The van der Waals surface area contributed by atoms with Gasteiger partial charge < -0.3 is 16.5 Å². The highest BCUT2D eigenvalue weighted by Crippen LogP contribution is 2.34. The Kier molecular flexibility index (Phi) is 3.31. The number of benzene rings is 1. The summed E-state index contributed by atoms with van der Waals surface area (Å²) in [6.45, 7) is 0. The van der Waals surface area contributed by atoms with E-state index in [1.165, 1.54) is 0 Å². The van der Waals surface area contributed by atoms with Gasteiger partial charge in [0.25, 0.3) is 0 Å². The molecule has 114 valence electrons. The Morgan fingerprint density at radius 1 is 1.14 bits per heavy atom. The summed E-state index contributed by atoms with van der Waals surface area (Å²) in [6, 6.07) is 6.35. The van der Waals surface area contributed by atoms with Gasteiger partial charge in [-0.3, -0.25) is 0 Å². The highest BCUT2D eigenvalue weighted by molar-refractivity contribution is 9.10. The lowest BCUT2D eigenvalue weighted by molar-refractivity contribution is 0.387. The van der Waals surface area contributed by atoms with Crippen molar-refractivity contribution in [3.8, 4) is 0 Å². The molecule has 22 heavy (non-hydrogen) atoms. The van der Waals surface area contributed by atoms with Crippen LogP contribution in [-0.2, 0) is 0 Å². The van der Waals surface area contributed by atoms with E-state index < -0.39 is 0 Å². The van der Waals surface area contributed by atoms with E-state index in [9.17, 15) is 0 Å². The average Bonchev–Trinajstić information content (AvgIpc) is 2.93. The number of hydrogen-bond acceptors (Lipinski definition) is 4. The van der Waals surface area contributed by atoms with Crippen LogP contribution >= 0.6 is 15.9 Å². The molecule has 1 saturated carbocycles. The molecule has 1 fully saturated rings. The van der Waals surface area contributed by atoms with Gasteiger partial charge >= 0.3 is 0 Å². The second-order valence-electron chi connectivity index (χ2n) is 6.12. The summed E-state index contributed by atoms with van der Waals surface area (Å²) >= 11 is 3.47. The van der Waals surface area contributed by atoms with Crippen LogP contribution < -0.4 is 11.5 Å². The first-order chi connectivity index (χ1) is 10.6. The zero-order valence-electron chi connectivity index (χ0n) is 12.1. The van der Waals surface area contributed by atoms with E-state index in [1.807, 2.05) is 18.2 Å². The summed E-state index contributed by atoms with van der Waals surface area (Å²) in [4.78, 5) is 12.7. The van der Waals surface area contributed by atoms with Gasteiger partial charge in [-0.1, -0.05) is 15.9 Å². The highest BCUT2D eigenvalue weighted by atomic mass is 79.9. The Bertz CT molecular complexity index is 848. The number of nitrogens with zero attached hydrogens (tertiary/aromatic N) is 2. The standard InChI is InChI=1S/C16H18BrN5/c17-9-3-6-11-12(7-9)20-15(19)14-13(11)21-16(22-14)8-1-4-10(18)5-2-8/h3,6-8,10H,1-2,4-5,18H2,(H2,19,20)(H,21,22). The lowest BCUT2D eigenvalue weighted by Gasteiger charge is -2.24. The third-order valence-electron chi connectivity index (χ3n) is 4.59. The maximum absolute atomic E-state index is 6.12. The Morgan fingerprint density at radius 3 is 2.68 bits per heavy atom. The summed E-state index contributed by atoms with van der Waals surface area (Å²) in [6.07, 6.45) is 4.28. The molecule has 4 rings (SSSR count). The molecular formula is C16H18BrN5. The predicted octanol–water partition coefficient (Wildman–Crippen LogP) is 3.44. The van der Waals surface area contributed by atoms with Crippen LogP contribution in [0.2, 0.25) is 0 Å². The number of nitrogen functional groups attached to an aromatic ring is 1. The van der Waals surface area contributed by atoms with E-state index in [2.05, 4.69) is 25.9 Å². The van der Waals surface area contributed by atoms with Gasteiger partial charge in [0, 0.05) is 21.8 Å². The largest absolute Gasteiger partial charge is 0.382 e. The van der Waals surface area contributed by atoms with E-state index in [-0.39, 0.29) is 0 Å². The van der Waals surface area contributed by atoms with Gasteiger partial charge in [-0.15, -0.1) is 0 Å². The summed E-state index contributed by atoms with van der Waals surface area (Å²) in [5.74, 6) is 1.97. The maximum atomic E-state index is 6.12. The van der Waals surface area contributed by atoms with Gasteiger partial charge in [-0.05, 0) is 43.9 Å². The monoisotopic (exact) mass is 359 g/mol. The molecular weight excluding hydrogens is 342 g/mol. The molecule has 2 heterocycles. The van der Waals surface area contributed by atoms with Crippen molar-refractivity contribution in [2.75, 3.05) is 5.73 Å². The molecule has 2 aromatic heterocycles. The number of nitrogens with one attached hydrogen (secondary N) is 1. The zero-order valence-corrected chi connectivity index (χ0v) is 13.7. The number of anilines is 1. The minimum atomic E-state index is 0.338. The van der Waals surface area contributed by atoms with Crippen molar-refractivity contribution in [3.05, 3.63) is 28.5 Å². The van der Waals surface area contributed by atoms with Crippen molar-refractivity contribution >= 4 is 43.7 Å². The van der Waals surface area contributed by atoms with Crippen LogP contribution in [0.1, 0.15) is 37.4 Å². The summed E-state index contributed by atoms with van der Waals surface area (Å²) in [7, 11) is 0. The molecule has 5 N–H and O–H groups in total. The van der Waals surface area contributed by atoms with Crippen LogP contribution in [-0.4, -0.2) is 21.0 Å². The van der Waals surface area contributed by atoms with Crippen LogP contribution in [0.15, 0.2) is 22.7 Å². The third-order valence-corrected chi connectivity index (χ3v) is 5.09. The number of imidazole rings is 1. The first-order valence-electron chi connectivity index (χ1n) is 7.62. The number of pyridine rings is 1. The summed E-state index contributed by atoms with van der Waals surface area (Å²) < 4.78 is 0.989. The Labute approximate surface area is 136 Å². The lowest BCUT2D eigenvalue weighted by Crippen LogP contribution is -2.26. The molecule has 0 saturated heterocycles. The molecule has 0 radical (unpaired) electrons. The quantitative estimate of drug-likeness (QED) is 0.620. The number of H-pyrrole nitrogens is 1. The Morgan fingerprint density at radius 2 is 1.91 bits per heavy atom. The highest BCUT2D eigenvalue weighted by Gasteiger charge is 2.23. The fourth-order valence-electron chi connectivity index (χ4n) is 3.34. The molecule has 0 aliphatic heterocycles. The number of nitrogens with two attached hydrogens (primary N) is 2.